The largest absolute Gasteiger partial charge is 0.379 e. The van der Waals surface area contributed by atoms with Crippen molar-refractivity contribution in [3.05, 3.63) is 63.3 Å². The quantitative estimate of drug-likeness (QED) is 0.697. The summed E-state index contributed by atoms with van der Waals surface area (Å²) in [5, 5.41) is 3.42. The lowest BCUT2D eigenvalue weighted by atomic mass is 10.2. The number of benzene rings is 1. The van der Waals surface area contributed by atoms with Gasteiger partial charge in [-0.3, -0.25) is 9.97 Å². The van der Waals surface area contributed by atoms with Crippen LogP contribution >= 0.6 is 31.9 Å². The van der Waals surface area contributed by atoms with Gasteiger partial charge < -0.3 is 5.32 Å². The Morgan fingerprint density at radius 3 is 2.75 bits per heavy atom. The van der Waals surface area contributed by atoms with Crippen LogP contribution in [0.4, 0.5) is 5.69 Å². The van der Waals surface area contributed by atoms with Gasteiger partial charge in [-0.05, 0) is 39.7 Å². The molecule has 3 nitrogen and oxygen atoms in total. The summed E-state index contributed by atoms with van der Waals surface area (Å²) >= 11 is 6.97. The normalized spacial score (nSPS) is 10.7. The van der Waals surface area contributed by atoms with Crippen molar-refractivity contribution in [2.75, 3.05) is 5.32 Å². The number of fused-ring (bicyclic) bond motifs is 1. The number of nitrogens with one attached hydrogen (secondary N) is 1. The number of pyridine rings is 2. The SMILES string of the molecule is Brc1cnc2c(NCc3ccccc3Br)ccnc2c1. The zero-order valence-corrected chi connectivity index (χ0v) is 13.6. The van der Waals surface area contributed by atoms with Gasteiger partial charge >= 0.3 is 0 Å². The van der Waals surface area contributed by atoms with E-state index in [0.717, 1.165) is 32.2 Å². The van der Waals surface area contributed by atoms with Crippen molar-refractivity contribution in [3.8, 4) is 0 Å². The van der Waals surface area contributed by atoms with E-state index in [-0.39, 0.29) is 0 Å². The second-order valence-electron chi connectivity index (χ2n) is 4.32. The molecule has 5 heteroatoms. The zero-order chi connectivity index (χ0) is 13.9. The van der Waals surface area contributed by atoms with Crippen molar-refractivity contribution in [1.29, 1.82) is 0 Å². The molecule has 0 amide bonds. The molecule has 20 heavy (non-hydrogen) atoms. The summed E-state index contributed by atoms with van der Waals surface area (Å²) in [4.78, 5) is 8.77. The van der Waals surface area contributed by atoms with Crippen LogP contribution in [0.5, 0.6) is 0 Å². The first kappa shape index (κ1) is 13.5. The molecule has 3 aromatic rings. The maximum Gasteiger partial charge on any atom is 0.112 e. The summed E-state index contributed by atoms with van der Waals surface area (Å²) in [6.07, 6.45) is 3.58. The Morgan fingerprint density at radius 1 is 1.05 bits per heavy atom. The molecule has 1 aromatic carbocycles. The molecule has 0 aliphatic carbocycles. The molecule has 2 aromatic heterocycles. The van der Waals surface area contributed by atoms with Crippen molar-refractivity contribution < 1.29 is 0 Å². The number of rotatable bonds is 3. The van der Waals surface area contributed by atoms with Crippen molar-refractivity contribution in [3.63, 3.8) is 0 Å². The Hall–Kier alpha value is -1.46. The predicted molar refractivity (Wildman–Crippen MR) is 88.7 cm³/mol. The number of anilines is 1. The third-order valence-electron chi connectivity index (χ3n) is 2.97. The highest BCUT2D eigenvalue weighted by molar-refractivity contribution is 9.10. The molecule has 100 valence electrons. The minimum absolute atomic E-state index is 0.734. The molecule has 0 aliphatic heterocycles. The molecular weight excluding hydrogens is 382 g/mol. The van der Waals surface area contributed by atoms with Crippen LogP contribution in [0.15, 0.2) is 57.7 Å². The lowest BCUT2D eigenvalue weighted by Crippen LogP contribution is -2.01. The van der Waals surface area contributed by atoms with E-state index in [1.807, 2.05) is 30.3 Å². The van der Waals surface area contributed by atoms with Gasteiger partial charge in [0.05, 0.1) is 11.2 Å². The Morgan fingerprint density at radius 2 is 1.90 bits per heavy atom. The van der Waals surface area contributed by atoms with Crippen LogP contribution in [0, 0.1) is 0 Å². The summed E-state index contributed by atoms with van der Waals surface area (Å²) in [5.74, 6) is 0. The van der Waals surface area contributed by atoms with Gasteiger partial charge in [0, 0.05) is 27.9 Å². The number of hydrogen-bond acceptors (Lipinski definition) is 3. The van der Waals surface area contributed by atoms with E-state index in [1.54, 1.807) is 12.4 Å². The number of nitrogens with zero attached hydrogens (tertiary/aromatic N) is 2. The molecule has 0 unspecified atom stereocenters. The van der Waals surface area contributed by atoms with E-state index in [1.165, 1.54) is 5.56 Å². The third kappa shape index (κ3) is 2.83. The van der Waals surface area contributed by atoms with Gasteiger partial charge in [-0.1, -0.05) is 34.1 Å². The van der Waals surface area contributed by atoms with E-state index in [4.69, 9.17) is 0 Å². The third-order valence-corrected chi connectivity index (χ3v) is 4.18. The van der Waals surface area contributed by atoms with Gasteiger partial charge in [0.1, 0.15) is 5.52 Å². The minimum Gasteiger partial charge on any atom is -0.379 e. The summed E-state index contributed by atoms with van der Waals surface area (Å²) in [6.45, 7) is 0.734. The monoisotopic (exact) mass is 391 g/mol. The second-order valence-corrected chi connectivity index (χ2v) is 6.09. The highest BCUT2D eigenvalue weighted by atomic mass is 79.9. The maximum atomic E-state index is 4.43. The lowest BCUT2D eigenvalue weighted by Gasteiger charge is -2.10. The maximum absolute atomic E-state index is 4.43. The van der Waals surface area contributed by atoms with E-state index in [9.17, 15) is 0 Å². The number of aromatic nitrogens is 2. The summed E-state index contributed by atoms with van der Waals surface area (Å²) < 4.78 is 2.03. The van der Waals surface area contributed by atoms with Crippen LogP contribution in [0.1, 0.15) is 5.56 Å². The van der Waals surface area contributed by atoms with Crippen LogP contribution in [0.25, 0.3) is 11.0 Å². The molecule has 0 atom stereocenters. The molecule has 0 radical (unpaired) electrons. The van der Waals surface area contributed by atoms with Gasteiger partial charge in [-0.2, -0.15) is 0 Å². The van der Waals surface area contributed by atoms with Gasteiger partial charge in [0.15, 0.2) is 0 Å². The van der Waals surface area contributed by atoms with Crippen LogP contribution in [-0.4, -0.2) is 9.97 Å². The smallest absolute Gasteiger partial charge is 0.112 e. The highest BCUT2D eigenvalue weighted by Crippen LogP contribution is 2.23. The fraction of sp³-hybridized carbons (Fsp3) is 0.0667. The van der Waals surface area contributed by atoms with E-state index in [2.05, 4.69) is 53.2 Å². The van der Waals surface area contributed by atoms with E-state index >= 15 is 0 Å². The van der Waals surface area contributed by atoms with Gasteiger partial charge in [-0.15, -0.1) is 0 Å². The fourth-order valence-corrected chi connectivity index (χ4v) is 2.72. The Kier molecular flexibility index (Phi) is 3.98. The van der Waals surface area contributed by atoms with Gasteiger partial charge in [0.2, 0.25) is 0 Å². The highest BCUT2D eigenvalue weighted by Gasteiger charge is 2.05. The molecule has 0 fully saturated rings. The first-order valence-corrected chi connectivity index (χ1v) is 7.70. The first-order chi connectivity index (χ1) is 9.74. The van der Waals surface area contributed by atoms with Gasteiger partial charge in [0.25, 0.3) is 0 Å². The molecule has 3 rings (SSSR count). The molecule has 0 spiro atoms. The Balaban J connectivity index is 1.90. The summed E-state index contributed by atoms with van der Waals surface area (Å²) in [5.41, 5.74) is 3.94. The molecular formula is C15H11Br2N3. The van der Waals surface area contributed by atoms with Crippen molar-refractivity contribution in [1.82, 2.24) is 9.97 Å². The van der Waals surface area contributed by atoms with Crippen molar-refractivity contribution in [2.24, 2.45) is 0 Å². The van der Waals surface area contributed by atoms with Crippen LogP contribution in [0.3, 0.4) is 0 Å². The molecule has 2 heterocycles. The Labute approximate surface area is 133 Å². The molecule has 0 saturated heterocycles. The standard InChI is InChI=1S/C15H11Br2N3/c16-11-7-14-15(20-9-11)13(5-6-18-14)19-8-10-3-1-2-4-12(10)17/h1-7,9H,8H2,(H,18,19). The lowest BCUT2D eigenvalue weighted by molar-refractivity contribution is 1.13. The zero-order valence-electron chi connectivity index (χ0n) is 10.5. The van der Waals surface area contributed by atoms with Crippen molar-refractivity contribution in [2.45, 2.75) is 6.54 Å². The van der Waals surface area contributed by atoms with Crippen LogP contribution in [0.2, 0.25) is 0 Å². The molecule has 0 aliphatic rings. The summed E-state index contributed by atoms with van der Waals surface area (Å²) in [7, 11) is 0. The van der Waals surface area contributed by atoms with Crippen molar-refractivity contribution >= 4 is 48.6 Å². The molecule has 0 saturated carbocycles. The first-order valence-electron chi connectivity index (χ1n) is 6.11. The minimum atomic E-state index is 0.734. The average Bonchev–Trinajstić information content (AvgIpc) is 2.46. The fourth-order valence-electron chi connectivity index (χ4n) is 1.98. The van der Waals surface area contributed by atoms with E-state index < -0.39 is 0 Å². The van der Waals surface area contributed by atoms with Gasteiger partial charge in [-0.25, -0.2) is 0 Å². The Bertz CT molecular complexity index is 759. The van der Waals surface area contributed by atoms with E-state index in [0.29, 0.717) is 0 Å². The number of halogens is 2. The molecule has 1 N–H and O–H groups in total. The number of hydrogen-bond donors (Lipinski definition) is 1. The summed E-state index contributed by atoms with van der Waals surface area (Å²) in [6, 6.07) is 12.1. The molecule has 0 bridgehead atoms. The van der Waals surface area contributed by atoms with Crippen LogP contribution in [-0.2, 0) is 6.54 Å². The predicted octanol–water partition coefficient (Wildman–Crippen LogP) is 4.77. The topological polar surface area (TPSA) is 37.8 Å². The van der Waals surface area contributed by atoms with Crippen LogP contribution < -0.4 is 5.32 Å². The average molecular weight is 393 g/mol. The second kappa shape index (κ2) is 5.89.